The summed E-state index contributed by atoms with van der Waals surface area (Å²) in [5, 5.41) is 13.7. The fourth-order valence-electron chi connectivity index (χ4n) is 6.25. The van der Waals surface area contributed by atoms with Gasteiger partial charge in [0.1, 0.15) is 13.2 Å². The van der Waals surface area contributed by atoms with Crippen molar-refractivity contribution in [3.05, 3.63) is 97.2 Å². The smallest absolute Gasteiger partial charge is 0.268 e. The van der Waals surface area contributed by atoms with Gasteiger partial charge in [0.15, 0.2) is 0 Å². The molecule has 1 amide bonds. The van der Waals surface area contributed by atoms with Crippen molar-refractivity contribution in [1.29, 1.82) is 0 Å². The molecule has 0 saturated heterocycles. The highest BCUT2D eigenvalue weighted by atomic mass is 31.2. The molecule has 3 unspecified atom stereocenters. The molecule has 0 aromatic heterocycles. The first-order valence-corrected chi connectivity index (χ1v) is 25.6. The number of aliphatic hydroxyl groups is 1. The highest BCUT2D eigenvalue weighted by Crippen LogP contribution is 2.38. The van der Waals surface area contributed by atoms with Crippen LogP contribution in [0.25, 0.3) is 0 Å². The monoisotopic (exact) mass is 871 g/mol. The van der Waals surface area contributed by atoms with Gasteiger partial charge in [-0.2, -0.15) is 0 Å². The normalized spacial score (nSPS) is 15.1. The van der Waals surface area contributed by atoms with E-state index >= 15 is 0 Å². The van der Waals surface area contributed by atoms with Gasteiger partial charge >= 0.3 is 0 Å². The number of nitrogens with one attached hydrogen (secondary N) is 1. The van der Waals surface area contributed by atoms with Crippen molar-refractivity contribution in [3.8, 4) is 0 Å². The van der Waals surface area contributed by atoms with E-state index in [-0.39, 0.29) is 18.9 Å². The Morgan fingerprint density at radius 2 is 1.02 bits per heavy atom. The summed E-state index contributed by atoms with van der Waals surface area (Å²) in [6, 6.07) is -0.970. The third-order valence-electron chi connectivity index (χ3n) is 10.0. The molecule has 0 aromatic carbocycles. The van der Waals surface area contributed by atoms with E-state index < -0.39 is 26.6 Å². The van der Waals surface area contributed by atoms with E-state index in [1.165, 1.54) is 96.3 Å². The van der Waals surface area contributed by atoms with Crippen molar-refractivity contribution in [2.75, 3.05) is 40.9 Å². The van der Waals surface area contributed by atoms with Crippen LogP contribution in [0, 0.1) is 0 Å². The molecule has 0 rings (SSSR count). The third-order valence-corrected chi connectivity index (χ3v) is 11.0. The van der Waals surface area contributed by atoms with Crippen LogP contribution in [0.3, 0.4) is 0 Å². The number of likely N-dealkylation sites (N-methyl/N-ethyl adjacent to an activating group) is 1. The Labute approximate surface area is 375 Å². The first-order chi connectivity index (χ1) is 29.5. The van der Waals surface area contributed by atoms with Crippen LogP contribution in [0.2, 0.25) is 0 Å². The van der Waals surface area contributed by atoms with E-state index in [2.05, 4.69) is 86.0 Å². The number of allylic oxidation sites excluding steroid dienone is 14. The number of hydrogen-bond donors (Lipinski definition) is 2. The Morgan fingerprint density at radius 1 is 0.590 bits per heavy atom. The second kappa shape index (κ2) is 42.7. The van der Waals surface area contributed by atoms with Gasteiger partial charge in [-0.05, 0) is 70.6 Å². The lowest BCUT2D eigenvalue weighted by atomic mass is 10.0. The lowest BCUT2D eigenvalue weighted by Crippen LogP contribution is -2.45. The van der Waals surface area contributed by atoms with Crippen molar-refractivity contribution in [2.24, 2.45) is 0 Å². The number of quaternary nitrogens is 1. The van der Waals surface area contributed by atoms with E-state index in [0.29, 0.717) is 23.9 Å². The van der Waals surface area contributed by atoms with E-state index in [0.717, 1.165) is 44.9 Å². The molecule has 8 nitrogen and oxygen atoms in total. The average molecular weight is 871 g/mol. The molecule has 0 saturated carbocycles. The van der Waals surface area contributed by atoms with Gasteiger partial charge < -0.3 is 28.8 Å². The lowest BCUT2D eigenvalue weighted by molar-refractivity contribution is -0.870. The van der Waals surface area contributed by atoms with Crippen molar-refractivity contribution in [3.63, 3.8) is 0 Å². The van der Waals surface area contributed by atoms with Crippen LogP contribution < -0.4 is 10.2 Å². The van der Waals surface area contributed by atoms with Gasteiger partial charge in [0.2, 0.25) is 5.91 Å². The molecule has 0 aliphatic heterocycles. The topological polar surface area (TPSA) is 108 Å². The molecular weight excluding hydrogens is 780 g/mol. The molecule has 0 radical (unpaired) electrons. The SMILES string of the molecule is CC/C=C\C/C=C\C/C=C\C/C=C\C/C=C\CC(=O)NC(COP(=O)([O-])OCC[N+](C)(C)C)C(O)/C=C/CC/C=C/CC/C=C/CCCCCCCCCCCCCCCC. The van der Waals surface area contributed by atoms with E-state index in [4.69, 9.17) is 9.05 Å². The van der Waals surface area contributed by atoms with Crippen LogP contribution in [-0.2, 0) is 18.4 Å². The Hall–Kier alpha value is -2.58. The predicted molar refractivity (Wildman–Crippen MR) is 260 cm³/mol. The van der Waals surface area contributed by atoms with Gasteiger partial charge in [-0.1, -0.05) is 195 Å². The molecule has 0 spiro atoms. The minimum Gasteiger partial charge on any atom is -0.756 e. The van der Waals surface area contributed by atoms with Crippen molar-refractivity contribution >= 4 is 13.7 Å². The average Bonchev–Trinajstić information content (AvgIpc) is 3.21. The number of carbonyl (C=O) groups is 1. The van der Waals surface area contributed by atoms with Crippen LogP contribution in [0.4, 0.5) is 0 Å². The zero-order chi connectivity index (χ0) is 45.0. The largest absolute Gasteiger partial charge is 0.756 e. The van der Waals surface area contributed by atoms with Crippen LogP contribution in [-0.4, -0.2) is 68.5 Å². The third kappa shape index (κ3) is 45.3. The highest BCUT2D eigenvalue weighted by molar-refractivity contribution is 7.45. The second-order valence-corrected chi connectivity index (χ2v) is 18.5. The lowest BCUT2D eigenvalue weighted by Gasteiger charge is -2.29. The van der Waals surface area contributed by atoms with Gasteiger partial charge in [0, 0.05) is 6.42 Å². The fraction of sp³-hybridized carbons (Fsp3) is 0.673. The Kier molecular flexibility index (Phi) is 40.9. The van der Waals surface area contributed by atoms with E-state index in [1.807, 2.05) is 39.4 Å². The number of unbranched alkanes of at least 4 members (excludes halogenated alkanes) is 16. The number of aliphatic hydroxyl groups excluding tert-OH is 1. The predicted octanol–water partition coefficient (Wildman–Crippen LogP) is 13.3. The number of carbonyl (C=O) groups excluding carboxylic acids is 1. The fourth-order valence-corrected chi connectivity index (χ4v) is 6.97. The number of amides is 1. The zero-order valence-corrected chi connectivity index (χ0v) is 40.5. The summed E-state index contributed by atoms with van der Waals surface area (Å²) in [5.41, 5.74) is 0. The zero-order valence-electron chi connectivity index (χ0n) is 39.6. The maximum absolute atomic E-state index is 12.8. The molecule has 0 heterocycles. The Morgan fingerprint density at radius 3 is 1.49 bits per heavy atom. The van der Waals surface area contributed by atoms with Crippen LogP contribution >= 0.6 is 7.82 Å². The van der Waals surface area contributed by atoms with Crippen LogP contribution in [0.5, 0.6) is 0 Å². The summed E-state index contributed by atoms with van der Waals surface area (Å²) >= 11 is 0. The quantitative estimate of drug-likeness (QED) is 0.0274. The molecule has 61 heavy (non-hydrogen) atoms. The molecule has 0 aromatic rings. The number of phosphoric ester groups is 1. The Balaban J connectivity index is 4.53. The number of rotatable bonds is 42. The summed E-state index contributed by atoms with van der Waals surface area (Å²) in [7, 11) is 1.16. The summed E-state index contributed by atoms with van der Waals surface area (Å²) in [6.07, 6.45) is 60.8. The van der Waals surface area contributed by atoms with Gasteiger partial charge in [-0.25, -0.2) is 0 Å². The molecule has 350 valence electrons. The maximum atomic E-state index is 12.8. The van der Waals surface area contributed by atoms with E-state index in [9.17, 15) is 19.4 Å². The first-order valence-electron chi connectivity index (χ1n) is 24.1. The number of nitrogens with zero attached hydrogens (tertiary/aromatic N) is 1. The number of hydrogen-bond acceptors (Lipinski definition) is 6. The second-order valence-electron chi connectivity index (χ2n) is 17.1. The minimum atomic E-state index is -4.63. The molecule has 0 fully saturated rings. The standard InChI is InChI=1S/C52H91N2O6P/c1-6-8-10-12-14-16-18-20-22-23-24-25-26-27-28-29-30-32-33-35-37-39-41-43-45-51(55)50(49-60-61(57,58)59-48-47-54(3,4)5)53-52(56)46-44-42-40-38-36-34-31-21-19-17-15-13-11-9-7-2/h9,11,15,17,21,29-31,35-38,42-45,50-51,55H,6-8,10,12-14,16,18-20,22-28,32-34,39-41,46-49H2,1-5H3,(H-,53,56,57,58)/b11-9-,17-15-,30-29+,31-21-,37-35+,38-36-,44-42-,45-43+. The van der Waals surface area contributed by atoms with Gasteiger partial charge in [0.05, 0.1) is 39.9 Å². The van der Waals surface area contributed by atoms with Gasteiger partial charge in [-0.15, -0.1) is 0 Å². The molecular formula is C52H91N2O6P. The number of phosphoric acid groups is 1. The molecule has 9 heteroatoms. The highest BCUT2D eigenvalue weighted by Gasteiger charge is 2.23. The Bertz CT molecular complexity index is 1310. The molecule has 0 bridgehead atoms. The first kappa shape index (κ1) is 58.4. The maximum Gasteiger partial charge on any atom is 0.268 e. The van der Waals surface area contributed by atoms with Crippen LogP contribution in [0.1, 0.15) is 174 Å². The molecule has 0 aliphatic carbocycles. The summed E-state index contributed by atoms with van der Waals surface area (Å²) in [5.74, 6) is -0.342. The minimum absolute atomic E-state index is 0.0306. The van der Waals surface area contributed by atoms with Gasteiger partial charge in [-0.3, -0.25) is 9.36 Å². The van der Waals surface area contributed by atoms with E-state index in [1.54, 1.807) is 12.2 Å². The van der Waals surface area contributed by atoms with Crippen molar-refractivity contribution < 1.29 is 32.9 Å². The summed E-state index contributed by atoms with van der Waals surface area (Å²) < 4.78 is 23.1. The molecule has 2 N–H and O–H groups in total. The van der Waals surface area contributed by atoms with Crippen LogP contribution in [0.15, 0.2) is 97.2 Å². The molecule has 0 aliphatic rings. The molecule has 3 atom stereocenters. The van der Waals surface area contributed by atoms with Crippen molar-refractivity contribution in [1.82, 2.24) is 5.32 Å². The van der Waals surface area contributed by atoms with Crippen molar-refractivity contribution in [2.45, 2.75) is 187 Å². The summed E-state index contributed by atoms with van der Waals surface area (Å²) in [6.45, 7) is 4.41. The summed E-state index contributed by atoms with van der Waals surface area (Å²) in [4.78, 5) is 25.3. The van der Waals surface area contributed by atoms with Gasteiger partial charge in [0.25, 0.3) is 7.82 Å².